The van der Waals surface area contributed by atoms with Gasteiger partial charge in [0.15, 0.2) is 5.16 Å². The number of benzene rings is 2. The smallest absolute Gasteiger partial charge is 0.240 e. The summed E-state index contributed by atoms with van der Waals surface area (Å²) in [5, 5.41) is 15.6. The summed E-state index contributed by atoms with van der Waals surface area (Å²) >= 11 is 1.18. The second-order valence-corrected chi connectivity index (χ2v) is 7.82. The average molecular weight is 443 g/mol. The number of halogens is 1. The SMILES string of the molecule is Cc1ccc(NC(=O)CSc2ncc(CO)n2CC(=O)NCc2ccc(F)cc2)cc1. The summed E-state index contributed by atoms with van der Waals surface area (Å²) < 4.78 is 14.6. The molecule has 0 aliphatic rings. The van der Waals surface area contributed by atoms with E-state index in [-0.39, 0.29) is 43.1 Å². The van der Waals surface area contributed by atoms with Crippen LogP contribution in [0.3, 0.4) is 0 Å². The highest BCUT2D eigenvalue weighted by Crippen LogP contribution is 2.19. The molecule has 31 heavy (non-hydrogen) atoms. The number of imidazole rings is 1. The Morgan fingerprint density at radius 3 is 2.48 bits per heavy atom. The van der Waals surface area contributed by atoms with Crippen molar-refractivity contribution in [3.05, 3.63) is 77.4 Å². The molecule has 3 rings (SSSR count). The third-order valence-electron chi connectivity index (χ3n) is 4.44. The molecule has 9 heteroatoms. The molecule has 0 bridgehead atoms. The van der Waals surface area contributed by atoms with E-state index in [1.165, 1.54) is 30.1 Å². The van der Waals surface area contributed by atoms with E-state index in [1.54, 1.807) is 16.7 Å². The van der Waals surface area contributed by atoms with Gasteiger partial charge >= 0.3 is 0 Å². The lowest BCUT2D eigenvalue weighted by Crippen LogP contribution is -2.28. The third-order valence-corrected chi connectivity index (χ3v) is 5.43. The number of aliphatic hydroxyl groups is 1. The lowest BCUT2D eigenvalue weighted by molar-refractivity contribution is -0.122. The quantitative estimate of drug-likeness (QED) is 0.443. The molecule has 0 fully saturated rings. The Labute approximate surface area is 183 Å². The summed E-state index contributed by atoms with van der Waals surface area (Å²) in [6.07, 6.45) is 1.48. The number of aliphatic hydroxyl groups excluding tert-OH is 1. The van der Waals surface area contributed by atoms with E-state index in [0.29, 0.717) is 16.5 Å². The Bertz CT molecular complexity index is 1040. The van der Waals surface area contributed by atoms with Crippen LogP contribution in [0.1, 0.15) is 16.8 Å². The zero-order valence-corrected chi connectivity index (χ0v) is 17.8. The van der Waals surface area contributed by atoms with E-state index in [1.807, 2.05) is 31.2 Å². The van der Waals surface area contributed by atoms with Gasteiger partial charge in [-0.2, -0.15) is 0 Å². The van der Waals surface area contributed by atoms with Crippen molar-refractivity contribution in [1.82, 2.24) is 14.9 Å². The van der Waals surface area contributed by atoms with Crippen molar-refractivity contribution in [2.75, 3.05) is 11.1 Å². The molecule has 0 saturated heterocycles. The number of thioether (sulfide) groups is 1. The molecule has 0 aliphatic heterocycles. The fourth-order valence-electron chi connectivity index (χ4n) is 2.77. The number of aryl methyl sites for hydroxylation is 1. The first-order valence-electron chi connectivity index (χ1n) is 9.60. The van der Waals surface area contributed by atoms with Gasteiger partial charge in [0.2, 0.25) is 11.8 Å². The van der Waals surface area contributed by atoms with Gasteiger partial charge in [-0.1, -0.05) is 41.6 Å². The van der Waals surface area contributed by atoms with Crippen LogP contribution in [0.2, 0.25) is 0 Å². The van der Waals surface area contributed by atoms with Gasteiger partial charge in [-0.05, 0) is 36.8 Å². The number of rotatable bonds is 9. The Morgan fingerprint density at radius 1 is 1.10 bits per heavy atom. The van der Waals surface area contributed by atoms with Crippen LogP contribution in [0, 0.1) is 12.7 Å². The minimum absolute atomic E-state index is 0.0565. The first-order chi connectivity index (χ1) is 14.9. The molecular weight excluding hydrogens is 419 g/mol. The lowest BCUT2D eigenvalue weighted by Gasteiger charge is -2.11. The molecular formula is C22H23FN4O3S. The van der Waals surface area contributed by atoms with E-state index in [0.717, 1.165) is 11.1 Å². The molecule has 7 nitrogen and oxygen atoms in total. The van der Waals surface area contributed by atoms with Crippen molar-refractivity contribution < 1.29 is 19.1 Å². The summed E-state index contributed by atoms with van der Waals surface area (Å²) in [4.78, 5) is 28.8. The van der Waals surface area contributed by atoms with E-state index in [9.17, 15) is 19.1 Å². The molecule has 3 aromatic rings. The van der Waals surface area contributed by atoms with Crippen molar-refractivity contribution in [2.45, 2.75) is 31.8 Å². The van der Waals surface area contributed by atoms with Gasteiger partial charge in [-0.25, -0.2) is 9.37 Å². The maximum atomic E-state index is 13.0. The van der Waals surface area contributed by atoms with Crippen molar-refractivity contribution >= 4 is 29.3 Å². The Balaban J connectivity index is 1.56. The summed E-state index contributed by atoms with van der Waals surface area (Å²) in [5.41, 5.74) is 3.04. The summed E-state index contributed by atoms with van der Waals surface area (Å²) in [5.74, 6) is -0.723. The summed E-state index contributed by atoms with van der Waals surface area (Å²) in [7, 11) is 0. The van der Waals surface area contributed by atoms with Gasteiger partial charge in [0.25, 0.3) is 0 Å². The normalized spacial score (nSPS) is 10.7. The fourth-order valence-corrected chi connectivity index (χ4v) is 3.57. The molecule has 0 atom stereocenters. The molecule has 1 aromatic heterocycles. The second-order valence-electron chi connectivity index (χ2n) is 6.88. The molecule has 0 unspecified atom stereocenters. The van der Waals surface area contributed by atoms with Crippen LogP contribution in [-0.2, 0) is 29.3 Å². The minimum Gasteiger partial charge on any atom is -0.390 e. The van der Waals surface area contributed by atoms with Crippen molar-refractivity contribution in [2.24, 2.45) is 0 Å². The zero-order chi connectivity index (χ0) is 22.2. The van der Waals surface area contributed by atoms with Gasteiger partial charge in [0.1, 0.15) is 12.4 Å². The van der Waals surface area contributed by atoms with E-state index >= 15 is 0 Å². The molecule has 2 aromatic carbocycles. The standard InChI is InChI=1S/C22H23FN4O3S/c1-15-2-8-18(9-3-15)26-21(30)14-31-22-25-11-19(13-28)27(22)12-20(29)24-10-16-4-6-17(23)7-5-16/h2-9,11,28H,10,12-14H2,1H3,(H,24,29)(H,26,30). The first-order valence-corrected chi connectivity index (χ1v) is 10.6. The number of carbonyl (C=O) groups is 2. The van der Waals surface area contributed by atoms with Crippen molar-refractivity contribution in [1.29, 1.82) is 0 Å². The first kappa shape index (κ1) is 22.5. The van der Waals surface area contributed by atoms with Gasteiger partial charge < -0.3 is 20.3 Å². The van der Waals surface area contributed by atoms with E-state index in [4.69, 9.17) is 0 Å². The largest absolute Gasteiger partial charge is 0.390 e. The number of aromatic nitrogens is 2. The fraction of sp³-hybridized carbons (Fsp3) is 0.227. The zero-order valence-electron chi connectivity index (χ0n) is 17.0. The van der Waals surface area contributed by atoms with Crippen LogP contribution in [0.15, 0.2) is 59.9 Å². The summed E-state index contributed by atoms with van der Waals surface area (Å²) in [6.45, 7) is 1.88. The van der Waals surface area contributed by atoms with Gasteiger partial charge in [-0.15, -0.1) is 0 Å². The maximum Gasteiger partial charge on any atom is 0.240 e. The van der Waals surface area contributed by atoms with Crippen LogP contribution in [0.25, 0.3) is 0 Å². The van der Waals surface area contributed by atoms with Crippen LogP contribution in [0.5, 0.6) is 0 Å². The second kappa shape index (κ2) is 10.7. The van der Waals surface area contributed by atoms with Gasteiger partial charge in [-0.3, -0.25) is 9.59 Å². The van der Waals surface area contributed by atoms with Crippen molar-refractivity contribution in [3.8, 4) is 0 Å². The number of carbonyl (C=O) groups excluding carboxylic acids is 2. The highest BCUT2D eigenvalue weighted by molar-refractivity contribution is 7.99. The predicted octanol–water partition coefficient (Wildman–Crippen LogP) is 2.87. The third kappa shape index (κ3) is 6.66. The molecule has 162 valence electrons. The highest BCUT2D eigenvalue weighted by Gasteiger charge is 2.15. The maximum absolute atomic E-state index is 13.0. The molecule has 2 amide bonds. The minimum atomic E-state index is -0.339. The average Bonchev–Trinajstić information content (AvgIpc) is 3.15. The van der Waals surface area contributed by atoms with Crippen LogP contribution in [0.4, 0.5) is 10.1 Å². The monoisotopic (exact) mass is 442 g/mol. The topological polar surface area (TPSA) is 96.2 Å². The molecule has 0 radical (unpaired) electrons. The molecule has 0 spiro atoms. The number of amides is 2. The Hall–Kier alpha value is -3.17. The number of nitrogens with zero attached hydrogens (tertiary/aromatic N) is 2. The van der Waals surface area contributed by atoms with Crippen LogP contribution >= 0.6 is 11.8 Å². The molecule has 0 saturated carbocycles. The number of hydrogen-bond acceptors (Lipinski definition) is 5. The number of hydrogen-bond donors (Lipinski definition) is 3. The molecule has 1 heterocycles. The lowest BCUT2D eigenvalue weighted by atomic mass is 10.2. The van der Waals surface area contributed by atoms with Gasteiger partial charge in [0.05, 0.1) is 24.3 Å². The van der Waals surface area contributed by atoms with Gasteiger partial charge in [0, 0.05) is 12.2 Å². The molecule has 0 aliphatic carbocycles. The van der Waals surface area contributed by atoms with Crippen molar-refractivity contribution in [3.63, 3.8) is 0 Å². The van der Waals surface area contributed by atoms with Crippen LogP contribution in [-0.4, -0.2) is 32.2 Å². The van der Waals surface area contributed by atoms with Crippen LogP contribution < -0.4 is 10.6 Å². The summed E-state index contributed by atoms with van der Waals surface area (Å²) in [6, 6.07) is 13.3. The highest BCUT2D eigenvalue weighted by atomic mass is 32.2. The Morgan fingerprint density at radius 2 is 1.81 bits per heavy atom. The predicted molar refractivity (Wildman–Crippen MR) is 117 cm³/mol. The molecule has 3 N–H and O–H groups in total. The number of nitrogens with one attached hydrogen (secondary N) is 2. The number of anilines is 1. The van der Waals surface area contributed by atoms with E-state index in [2.05, 4.69) is 15.6 Å². The Kier molecular flexibility index (Phi) is 7.80. The van der Waals surface area contributed by atoms with E-state index < -0.39 is 0 Å².